The van der Waals surface area contributed by atoms with E-state index in [1.54, 1.807) is 17.7 Å². The van der Waals surface area contributed by atoms with Crippen LogP contribution >= 0.6 is 0 Å². The molecule has 212 valence electrons. The Hall–Kier alpha value is -2.92. The average molecular weight is 550 g/mol. The van der Waals surface area contributed by atoms with E-state index in [1.165, 1.54) is 12.1 Å². The lowest BCUT2D eigenvalue weighted by atomic mass is 9.97. The second-order valence-electron chi connectivity index (χ2n) is 10.7. The van der Waals surface area contributed by atoms with Gasteiger partial charge in [-0.3, -0.25) is 9.69 Å². The molecular weight excluding hydrogens is 514 g/mol. The summed E-state index contributed by atoms with van der Waals surface area (Å²) in [6.45, 7) is 7.75. The van der Waals surface area contributed by atoms with Crippen molar-refractivity contribution in [2.75, 3.05) is 24.6 Å². The zero-order chi connectivity index (χ0) is 28.1. The van der Waals surface area contributed by atoms with Gasteiger partial charge in [0.05, 0.1) is 5.56 Å². The number of rotatable bonds is 5. The van der Waals surface area contributed by atoms with Crippen LogP contribution in [0.4, 0.5) is 23.4 Å². The summed E-state index contributed by atoms with van der Waals surface area (Å²) in [6, 6.07) is 5.57. The van der Waals surface area contributed by atoms with Gasteiger partial charge in [-0.1, -0.05) is 13.0 Å². The number of hydrogen-bond donors (Lipinski definition) is 0. The Balaban J connectivity index is 1.51. The third-order valence-corrected chi connectivity index (χ3v) is 8.27. The molecule has 0 aliphatic carbocycles. The number of halogens is 4. The van der Waals surface area contributed by atoms with Gasteiger partial charge >= 0.3 is 6.18 Å². The molecule has 0 radical (unpaired) electrons. The van der Waals surface area contributed by atoms with Gasteiger partial charge in [0.2, 0.25) is 0 Å². The van der Waals surface area contributed by atoms with E-state index in [0.717, 1.165) is 43.1 Å². The topological polar surface area (TPSA) is 55.5 Å². The highest BCUT2D eigenvalue weighted by Crippen LogP contribution is 2.38. The van der Waals surface area contributed by atoms with Crippen LogP contribution in [0.2, 0.25) is 0 Å². The molecule has 2 aromatic heterocycles. The minimum atomic E-state index is -4.59. The van der Waals surface area contributed by atoms with E-state index >= 15 is 0 Å². The van der Waals surface area contributed by atoms with Crippen LogP contribution in [0.3, 0.4) is 0 Å². The number of piperazine rings is 1. The first-order valence-electron chi connectivity index (χ1n) is 13.6. The van der Waals surface area contributed by atoms with E-state index in [0.29, 0.717) is 31.3 Å². The van der Waals surface area contributed by atoms with Gasteiger partial charge < -0.3 is 14.2 Å². The molecule has 2 unspecified atom stereocenters. The SMILES string of the molecule is CC[C@@H]1CN(c2c3c(ccc(=O)n3C)nn2C2CCCCO2)[C@@H](C)CN1C(C)c1ccc(C(F)(F)F)cc1F. The number of aromatic nitrogens is 3. The van der Waals surface area contributed by atoms with E-state index in [-0.39, 0.29) is 29.4 Å². The molecule has 0 N–H and O–H groups in total. The Labute approximate surface area is 224 Å². The third-order valence-electron chi connectivity index (χ3n) is 8.27. The summed E-state index contributed by atoms with van der Waals surface area (Å²) in [6.07, 6.45) is -1.23. The van der Waals surface area contributed by atoms with E-state index in [2.05, 4.69) is 23.6 Å². The highest BCUT2D eigenvalue weighted by atomic mass is 19.4. The van der Waals surface area contributed by atoms with Gasteiger partial charge in [0, 0.05) is 56.5 Å². The Morgan fingerprint density at radius 3 is 2.56 bits per heavy atom. The fraction of sp³-hybridized carbons (Fsp3) is 0.571. The van der Waals surface area contributed by atoms with Crippen molar-refractivity contribution in [1.82, 2.24) is 19.2 Å². The lowest BCUT2D eigenvalue weighted by Gasteiger charge is -2.48. The van der Waals surface area contributed by atoms with Crippen molar-refractivity contribution in [3.63, 3.8) is 0 Å². The van der Waals surface area contributed by atoms with E-state index in [4.69, 9.17) is 9.84 Å². The first-order valence-corrected chi connectivity index (χ1v) is 13.6. The van der Waals surface area contributed by atoms with Crippen LogP contribution in [-0.4, -0.2) is 51.0 Å². The largest absolute Gasteiger partial charge is 0.416 e. The second kappa shape index (κ2) is 10.6. The summed E-state index contributed by atoms with van der Waals surface area (Å²) < 4.78 is 63.9. The van der Waals surface area contributed by atoms with Crippen molar-refractivity contribution in [2.24, 2.45) is 7.05 Å². The van der Waals surface area contributed by atoms with Gasteiger partial charge in [0.15, 0.2) is 12.0 Å². The summed E-state index contributed by atoms with van der Waals surface area (Å²) >= 11 is 0. The van der Waals surface area contributed by atoms with Crippen molar-refractivity contribution in [1.29, 1.82) is 0 Å². The Morgan fingerprint density at radius 1 is 1.15 bits per heavy atom. The molecule has 0 spiro atoms. The van der Waals surface area contributed by atoms with Crippen molar-refractivity contribution in [2.45, 2.75) is 77.0 Å². The summed E-state index contributed by atoms with van der Waals surface area (Å²) in [4.78, 5) is 17.1. The number of fused-ring (bicyclic) bond motifs is 1. The maximum absolute atomic E-state index is 14.9. The van der Waals surface area contributed by atoms with Gasteiger partial charge in [0.25, 0.3) is 5.56 Å². The standard InChI is InChI=1S/C28H35F4N5O2/c1-5-20-16-35(17(2)15-36(20)18(3)21-10-9-19(14-22(21)29)28(30,31)32)27-26-23(11-12-24(38)34(26)4)33-37(27)25-8-6-7-13-39-25/h9-12,14,17-18,20,25H,5-8,13,15-16H2,1-4H3/t17-,18?,20+,25?/m0/s1. The molecular formula is C28H35F4N5O2. The van der Waals surface area contributed by atoms with Gasteiger partial charge in [0.1, 0.15) is 16.9 Å². The van der Waals surface area contributed by atoms with Crippen molar-refractivity contribution < 1.29 is 22.3 Å². The number of nitrogens with zero attached hydrogens (tertiary/aromatic N) is 5. The van der Waals surface area contributed by atoms with Gasteiger partial charge in [-0.05, 0) is 57.7 Å². The maximum Gasteiger partial charge on any atom is 0.416 e. The van der Waals surface area contributed by atoms with Crippen molar-refractivity contribution in [3.8, 4) is 0 Å². The van der Waals surface area contributed by atoms with Crippen LogP contribution in [0.15, 0.2) is 35.1 Å². The van der Waals surface area contributed by atoms with Gasteiger partial charge in [-0.25, -0.2) is 9.07 Å². The average Bonchev–Trinajstić information content (AvgIpc) is 3.30. The highest BCUT2D eigenvalue weighted by Gasteiger charge is 2.39. The fourth-order valence-corrected chi connectivity index (χ4v) is 6.04. The molecule has 3 aromatic rings. The zero-order valence-corrected chi connectivity index (χ0v) is 22.7. The molecule has 4 atom stereocenters. The molecule has 2 aliphatic heterocycles. The molecule has 2 saturated heterocycles. The maximum atomic E-state index is 14.9. The molecule has 1 aromatic carbocycles. The first kappa shape index (κ1) is 27.6. The van der Waals surface area contributed by atoms with E-state index < -0.39 is 23.6 Å². The van der Waals surface area contributed by atoms with E-state index in [9.17, 15) is 22.4 Å². The summed E-state index contributed by atoms with van der Waals surface area (Å²) in [5.41, 5.74) is 0.586. The molecule has 2 aliphatic rings. The quantitative estimate of drug-likeness (QED) is 0.386. The Morgan fingerprint density at radius 2 is 1.92 bits per heavy atom. The van der Waals surface area contributed by atoms with Crippen molar-refractivity contribution in [3.05, 3.63) is 57.6 Å². The summed E-state index contributed by atoms with van der Waals surface area (Å²) in [7, 11) is 1.75. The van der Waals surface area contributed by atoms with Crippen LogP contribution in [0.5, 0.6) is 0 Å². The highest BCUT2D eigenvalue weighted by molar-refractivity contribution is 5.87. The fourth-order valence-electron chi connectivity index (χ4n) is 6.04. The lowest BCUT2D eigenvalue weighted by Crippen LogP contribution is -2.58. The molecule has 0 amide bonds. The zero-order valence-electron chi connectivity index (χ0n) is 22.7. The number of benzene rings is 1. The minimum absolute atomic E-state index is 0.00990. The number of anilines is 1. The van der Waals surface area contributed by atoms with Crippen LogP contribution in [0.1, 0.15) is 69.9 Å². The number of aryl methyl sites for hydroxylation is 1. The number of pyridine rings is 1. The van der Waals surface area contributed by atoms with Crippen LogP contribution < -0.4 is 10.5 Å². The number of alkyl halides is 3. The Bertz CT molecular complexity index is 1400. The molecule has 4 heterocycles. The minimum Gasteiger partial charge on any atom is -0.356 e. The van der Waals surface area contributed by atoms with Gasteiger partial charge in [-0.15, -0.1) is 0 Å². The number of ether oxygens (including phenoxy) is 1. The van der Waals surface area contributed by atoms with E-state index in [1.807, 2.05) is 11.6 Å². The summed E-state index contributed by atoms with van der Waals surface area (Å²) in [5.74, 6) is -0.0214. The normalized spacial score (nSPS) is 23.9. The number of hydrogen-bond acceptors (Lipinski definition) is 5. The molecule has 0 bridgehead atoms. The van der Waals surface area contributed by atoms with Crippen LogP contribution in [0, 0.1) is 5.82 Å². The predicted octanol–water partition coefficient (Wildman–Crippen LogP) is 5.64. The van der Waals surface area contributed by atoms with Crippen LogP contribution in [-0.2, 0) is 18.0 Å². The first-order chi connectivity index (χ1) is 18.5. The molecule has 11 heteroatoms. The smallest absolute Gasteiger partial charge is 0.356 e. The molecule has 2 fully saturated rings. The Kier molecular flexibility index (Phi) is 7.49. The molecule has 5 rings (SSSR count). The molecule has 39 heavy (non-hydrogen) atoms. The molecule has 0 saturated carbocycles. The third kappa shape index (κ3) is 5.06. The van der Waals surface area contributed by atoms with Crippen LogP contribution in [0.25, 0.3) is 11.0 Å². The predicted molar refractivity (Wildman–Crippen MR) is 141 cm³/mol. The monoisotopic (exact) mass is 549 g/mol. The van der Waals surface area contributed by atoms with Crippen molar-refractivity contribution >= 4 is 16.9 Å². The molecule has 7 nitrogen and oxygen atoms in total. The lowest BCUT2D eigenvalue weighted by molar-refractivity contribution is -0.137. The summed E-state index contributed by atoms with van der Waals surface area (Å²) in [5, 5.41) is 4.88. The van der Waals surface area contributed by atoms with Gasteiger partial charge in [-0.2, -0.15) is 18.3 Å². The second-order valence-corrected chi connectivity index (χ2v) is 10.7.